The number of amides is 1. The number of hydrogen-bond acceptors (Lipinski definition) is 4. The Kier molecular flexibility index (Phi) is 4.35. The van der Waals surface area contributed by atoms with E-state index in [1.165, 1.54) is 6.92 Å². The van der Waals surface area contributed by atoms with Crippen LogP contribution in [0, 0.1) is 5.92 Å². The van der Waals surface area contributed by atoms with Gasteiger partial charge in [-0.2, -0.15) is 0 Å². The smallest absolute Gasteiger partial charge is 0.310 e. The molecule has 0 bridgehead atoms. The van der Waals surface area contributed by atoms with Gasteiger partial charge in [0.1, 0.15) is 5.78 Å². The maximum absolute atomic E-state index is 12.8. The molecule has 0 spiro atoms. The van der Waals surface area contributed by atoms with E-state index in [4.69, 9.17) is 4.74 Å². The van der Waals surface area contributed by atoms with E-state index >= 15 is 0 Å². The van der Waals surface area contributed by atoms with Crippen molar-refractivity contribution in [3.63, 3.8) is 0 Å². The summed E-state index contributed by atoms with van der Waals surface area (Å²) in [5.41, 5.74) is 0.457. The number of fused-ring (bicyclic) bond motifs is 1. The van der Waals surface area contributed by atoms with Crippen LogP contribution in [0.25, 0.3) is 0 Å². The molecule has 2 rings (SSSR count). The molecular formula is C17H21NO4. The predicted molar refractivity (Wildman–Crippen MR) is 82.6 cm³/mol. The molecule has 0 saturated carbocycles. The zero-order valence-electron chi connectivity index (χ0n) is 13.4. The number of rotatable bonds is 5. The maximum atomic E-state index is 12.8. The lowest BCUT2D eigenvalue weighted by Crippen LogP contribution is -2.46. The number of nitrogens with zero attached hydrogens (tertiary/aromatic N) is 1. The highest BCUT2D eigenvalue weighted by atomic mass is 16.5. The van der Waals surface area contributed by atoms with E-state index in [1.54, 1.807) is 25.8 Å². The molecular weight excluding hydrogens is 282 g/mol. The van der Waals surface area contributed by atoms with Crippen molar-refractivity contribution in [1.82, 2.24) is 0 Å². The molecule has 1 amide bonds. The molecule has 1 heterocycles. The Morgan fingerprint density at radius 1 is 1.32 bits per heavy atom. The topological polar surface area (TPSA) is 63.7 Å². The Labute approximate surface area is 130 Å². The van der Waals surface area contributed by atoms with E-state index in [0.29, 0.717) is 0 Å². The Balaban J connectivity index is 2.55. The standard InChI is InChI=1S/C17H21NO4/c1-5-22-15(20)13(10-11(2)19)17(3)12-8-6-7-9-14(12)18(4)16(17)21/h6-9,13H,5,10H2,1-4H3. The average molecular weight is 303 g/mol. The lowest BCUT2D eigenvalue weighted by Gasteiger charge is -2.30. The molecule has 0 saturated heterocycles. The predicted octanol–water partition coefficient (Wildman–Crippen LogP) is 2.08. The summed E-state index contributed by atoms with van der Waals surface area (Å²) in [5.74, 6) is -1.64. The Morgan fingerprint density at radius 3 is 2.55 bits per heavy atom. The molecule has 1 aliphatic heterocycles. The van der Waals surface area contributed by atoms with Gasteiger partial charge >= 0.3 is 5.97 Å². The number of ether oxygens (including phenoxy) is 1. The maximum Gasteiger partial charge on any atom is 0.310 e. The van der Waals surface area contributed by atoms with Crippen LogP contribution in [-0.4, -0.2) is 31.3 Å². The number of para-hydroxylation sites is 1. The molecule has 1 aromatic carbocycles. The molecule has 0 N–H and O–H groups in total. The molecule has 1 aliphatic rings. The number of likely N-dealkylation sites (N-methyl/N-ethyl adjacent to an activating group) is 1. The minimum atomic E-state index is -1.08. The highest BCUT2D eigenvalue weighted by Crippen LogP contribution is 2.47. The van der Waals surface area contributed by atoms with Crippen molar-refractivity contribution in [2.24, 2.45) is 5.92 Å². The molecule has 118 valence electrons. The zero-order valence-corrected chi connectivity index (χ0v) is 13.4. The van der Waals surface area contributed by atoms with Crippen LogP contribution >= 0.6 is 0 Å². The third kappa shape index (κ3) is 2.40. The highest BCUT2D eigenvalue weighted by molar-refractivity contribution is 6.10. The minimum Gasteiger partial charge on any atom is -0.466 e. The minimum absolute atomic E-state index is 0.0107. The Morgan fingerprint density at radius 2 is 1.95 bits per heavy atom. The molecule has 0 aliphatic carbocycles. The van der Waals surface area contributed by atoms with E-state index in [9.17, 15) is 14.4 Å². The van der Waals surface area contributed by atoms with E-state index in [1.807, 2.05) is 24.3 Å². The van der Waals surface area contributed by atoms with E-state index in [2.05, 4.69) is 0 Å². The second-order valence-electron chi connectivity index (χ2n) is 5.79. The molecule has 0 aromatic heterocycles. The second kappa shape index (κ2) is 5.91. The van der Waals surface area contributed by atoms with Crippen LogP contribution in [0.1, 0.15) is 32.8 Å². The van der Waals surface area contributed by atoms with Gasteiger partial charge in [-0.3, -0.25) is 9.59 Å². The quantitative estimate of drug-likeness (QED) is 0.781. The van der Waals surface area contributed by atoms with Crippen LogP contribution in [-0.2, 0) is 24.5 Å². The molecule has 22 heavy (non-hydrogen) atoms. The van der Waals surface area contributed by atoms with Gasteiger partial charge in [0.25, 0.3) is 0 Å². The highest BCUT2D eigenvalue weighted by Gasteiger charge is 2.54. The van der Waals surface area contributed by atoms with Gasteiger partial charge in [0.15, 0.2) is 0 Å². The fourth-order valence-corrected chi connectivity index (χ4v) is 3.17. The van der Waals surface area contributed by atoms with Gasteiger partial charge in [-0.15, -0.1) is 0 Å². The van der Waals surface area contributed by atoms with Gasteiger partial charge in [-0.1, -0.05) is 18.2 Å². The Bertz CT molecular complexity index is 625. The van der Waals surface area contributed by atoms with Crippen molar-refractivity contribution in [2.75, 3.05) is 18.6 Å². The number of ketones is 1. The molecule has 2 atom stereocenters. The summed E-state index contributed by atoms with van der Waals surface area (Å²) < 4.78 is 5.12. The first-order valence-electron chi connectivity index (χ1n) is 7.37. The number of esters is 1. The lowest BCUT2D eigenvalue weighted by atomic mass is 9.70. The van der Waals surface area contributed by atoms with Crippen molar-refractivity contribution in [3.05, 3.63) is 29.8 Å². The average Bonchev–Trinajstić information content (AvgIpc) is 2.68. The number of hydrogen-bond donors (Lipinski definition) is 0. The van der Waals surface area contributed by atoms with Crippen molar-refractivity contribution in [2.45, 2.75) is 32.6 Å². The first kappa shape index (κ1) is 16.2. The summed E-state index contributed by atoms with van der Waals surface area (Å²) in [6.07, 6.45) is -0.0107. The van der Waals surface area contributed by atoms with Crippen molar-refractivity contribution < 1.29 is 19.1 Å². The number of anilines is 1. The summed E-state index contributed by atoms with van der Waals surface area (Å²) in [7, 11) is 1.68. The summed E-state index contributed by atoms with van der Waals surface area (Å²) in [5, 5.41) is 0. The number of carbonyl (C=O) groups is 3. The Hall–Kier alpha value is -2.17. The first-order chi connectivity index (χ1) is 10.3. The summed E-state index contributed by atoms with van der Waals surface area (Å²) in [4.78, 5) is 38.4. The normalized spacial score (nSPS) is 21.5. The SMILES string of the molecule is CCOC(=O)C(CC(C)=O)C1(C)C(=O)N(C)c2ccccc21. The third-order valence-corrected chi connectivity index (χ3v) is 4.33. The van der Waals surface area contributed by atoms with Crippen LogP contribution < -0.4 is 4.90 Å². The largest absolute Gasteiger partial charge is 0.466 e. The fraction of sp³-hybridized carbons (Fsp3) is 0.471. The van der Waals surface area contributed by atoms with Crippen molar-refractivity contribution in [1.29, 1.82) is 0 Å². The van der Waals surface area contributed by atoms with Crippen LogP contribution in [0.2, 0.25) is 0 Å². The molecule has 0 radical (unpaired) electrons. The van der Waals surface area contributed by atoms with Gasteiger partial charge in [-0.25, -0.2) is 0 Å². The van der Waals surface area contributed by atoms with Gasteiger partial charge in [0.05, 0.1) is 17.9 Å². The van der Waals surface area contributed by atoms with Gasteiger partial charge in [0, 0.05) is 19.2 Å². The van der Waals surface area contributed by atoms with Crippen molar-refractivity contribution in [3.8, 4) is 0 Å². The molecule has 5 heteroatoms. The van der Waals surface area contributed by atoms with E-state index in [0.717, 1.165) is 11.3 Å². The monoisotopic (exact) mass is 303 g/mol. The van der Waals surface area contributed by atoms with E-state index < -0.39 is 17.3 Å². The van der Waals surface area contributed by atoms with Crippen LogP contribution in [0.5, 0.6) is 0 Å². The second-order valence-corrected chi connectivity index (χ2v) is 5.79. The number of Topliss-reactive ketones (excluding diaryl/α,β-unsaturated/α-hetero) is 1. The van der Waals surface area contributed by atoms with Gasteiger partial charge in [0.2, 0.25) is 5.91 Å². The van der Waals surface area contributed by atoms with Gasteiger partial charge in [-0.05, 0) is 32.4 Å². The third-order valence-electron chi connectivity index (χ3n) is 4.33. The molecule has 1 aromatic rings. The summed E-state index contributed by atoms with van der Waals surface area (Å²) >= 11 is 0. The number of benzene rings is 1. The fourth-order valence-electron chi connectivity index (χ4n) is 3.17. The summed E-state index contributed by atoms with van der Waals surface area (Å²) in [6, 6.07) is 7.36. The molecule has 2 unspecified atom stereocenters. The van der Waals surface area contributed by atoms with Gasteiger partial charge < -0.3 is 14.4 Å². The van der Waals surface area contributed by atoms with Crippen LogP contribution in [0.15, 0.2) is 24.3 Å². The van der Waals surface area contributed by atoms with Crippen LogP contribution in [0.3, 0.4) is 0 Å². The van der Waals surface area contributed by atoms with E-state index in [-0.39, 0.29) is 24.7 Å². The van der Waals surface area contributed by atoms with Crippen molar-refractivity contribution >= 4 is 23.3 Å². The van der Waals surface area contributed by atoms with Crippen LogP contribution in [0.4, 0.5) is 5.69 Å². The zero-order chi connectivity index (χ0) is 16.5. The summed E-state index contributed by atoms with van der Waals surface area (Å²) in [6.45, 7) is 5.07. The lowest BCUT2D eigenvalue weighted by molar-refractivity contribution is -0.154. The number of carbonyl (C=O) groups excluding carboxylic acids is 3. The molecule has 5 nitrogen and oxygen atoms in total. The first-order valence-corrected chi connectivity index (χ1v) is 7.37. The molecule has 0 fully saturated rings.